The van der Waals surface area contributed by atoms with Gasteiger partial charge in [0.2, 0.25) is 5.91 Å². The van der Waals surface area contributed by atoms with E-state index in [1.54, 1.807) is 13.0 Å². The highest BCUT2D eigenvalue weighted by Crippen LogP contribution is 2.28. The van der Waals surface area contributed by atoms with Gasteiger partial charge in [0.15, 0.2) is 10.8 Å². The van der Waals surface area contributed by atoms with Crippen molar-refractivity contribution in [3.8, 4) is 0 Å². The van der Waals surface area contributed by atoms with E-state index in [4.69, 9.17) is 4.52 Å². The Balaban J connectivity index is 1.35. The maximum Gasteiger partial charge on any atom is 0.279 e. The number of hydrogen-bond acceptors (Lipinski definition) is 7. The summed E-state index contributed by atoms with van der Waals surface area (Å²) in [5.41, 5.74) is 1.26. The summed E-state index contributed by atoms with van der Waals surface area (Å²) in [7, 11) is 0. The Morgan fingerprint density at radius 2 is 2.00 bits per heavy atom. The Bertz CT molecular complexity index is 854. The minimum absolute atomic E-state index is 0.227. The summed E-state index contributed by atoms with van der Waals surface area (Å²) < 4.78 is 4.94. The van der Waals surface area contributed by atoms with Gasteiger partial charge in [0.05, 0.1) is 12.2 Å². The summed E-state index contributed by atoms with van der Waals surface area (Å²) in [5, 5.41) is 7.09. The molecule has 0 spiro atoms. The maximum atomic E-state index is 12.6. The maximum absolute atomic E-state index is 12.6. The number of likely N-dealkylation sites (tertiary alicyclic amines) is 1. The lowest BCUT2D eigenvalue weighted by Crippen LogP contribution is -2.42. The average molecular weight is 404 g/mol. The number of amides is 2. The zero-order chi connectivity index (χ0) is 19.5. The number of aromatic nitrogens is 2. The third-order valence-electron chi connectivity index (χ3n) is 5.21. The van der Waals surface area contributed by atoms with Gasteiger partial charge in [-0.2, -0.15) is 0 Å². The van der Waals surface area contributed by atoms with Crippen molar-refractivity contribution >= 4 is 28.3 Å². The lowest BCUT2D eigenvalue weighted by molar-refractivity contribution is -0.132. The van der Waals surface area contributed by atoms with Gasteiger partial charge in [0.1, 0.15) is 5.76 Å². The van der Waals surface area contributed by atoms with E-state index in [0.29, 0.717) is 24.0 Å². The van der Waals surface area contributed by atoms with Crippen LogP contribution in [0.25, 0.3) is 0 Å². The molecule has 4 rings (SSSR count). The zero-order valence-electron chi connectivity index (χ0n) is 16.1. The van der Waals surface area contributed by atoms with E-state index < -0.39 is 0 Å². The highest BCUT2D eigenvalue weighted by molar-refractivity contribution is 7.15. The molecule has 1 saturated heterocycles. The Labute approximate surface area is 167 Å². The molecule has 4 heterocycles. The van der Waals surface area contributed by atoms with Crippen LogP contribution in [-0.4, -0.2) is 57.9 Å². The van der Waals surface area contributed by atoms with Crippen LogP contribution in [0.2, 0.25) is 0 Å². The lowest BCUT2D eigenvalue weighted by atomic mass is 10.2. The van der Waals surface area contributed by atoms with E-state index in [0.717, 1.165) is 49.5 Å². The largest absolute Gasteiger partial charge is 0.361 e. The van der Waals surface area contributed by atoms with Gasteiger partial charge in [-0.1, -0.05) is 18.0 Å². The fraction of sp³-hybridized carbons (Fsp3) is 0.579. The normalized spacial score (nSPS) is 17.8. The van der Waals surface area contributed by atoms with Crippen LogP contribution in [-0.2, 0) is 17.8 Å². The molecule has 0 unspecified atom stereocenters. The van der Waals surface area contributed by atoms with Crippen LogP contribution in [0.1, 0.15) is 52.5 Å². The van der Waals surface area contributed by atoms with Gasteiger partial charge < -0.3 is 9.42 Å². The van der Waals surface area contributed by atoms with Crippen molar-refractivity contribution in [2.24, 2.45) is 0 Å². The number of carbonyl (C=O) groups excluding carboxylic acids is 2. The first-order valence-corrected chi connectivity index (χ1v) is 10.6. The Hall–Kier alpha value is -2.26. The molecular weight excluding hydrogens is 378 g/mol. The molecule has 0 saturated carbocycles. The van der Waals surface area contributed by atoms with E-state index in [1.807, 2.05) is 4.90 Å². The Morgan fingerprint density at radius 3 is 2.71 bits per heavy atom. The Kier molecular flexibility index (Phi) is 5.72. The van der Waals surface area contributed by atoms with Crippen molar-refractivity contribution in [2.75, 3.05) is 31.5 Å². The van der Waals surface area contributed by atoms with Crippen LogP contribution in [0, 0.1) is 6.92 Å². The molecule has 2 aromatic rings. The molecule has 0 aliphatic carbocycles. The van der Waals surface area contributed by atoms with Crippen LogP contribution in [0.5, 0.6) is 0 Å². The van der Waals surface area contributed by atoms with Crippen LogP contribution in [0.15, 0.2) is 10.6 Å². The molecule has 2 amide bonds. The van der Waals surface area contributed by atoms with Crippen LogP contribution < -0.4 is 5.32 Å². The minimum Gasteiger partial charge on any atom is -0.361 e. The van der Waals surface area contributed by atoms with Crippen LogP contribution in [0.4, 0.5) is 5.13 Å². The number of thiazole rings is 1. The second-order valence-electron chi connectivity index (χ2n) is 7.42. The molecule has 0 radical (unpaired) electrons. The van der Waals surface area contributed by atoms with Crippen molar-refractivity contribution in [2.45, 2.75) is 45.6 Å². The van der Waals surface area contributed by atoms with Gasteiger partial charge >= 0.3 is 0 Å². The summed E-state index contributed by atoms with van der Waals surface area (Å²) >= 11 is 1.47. The van der Waals surface area contributed by atoms with Crippen LogP contribution >= 0.6 is 11.3 Å². The van der Waals surface area contributed by atoms with Crippen molar-refractivity contribution in [3.63, 3.8) is 0 Å². The number of aryl methyl sites for hydroxylation is 1. The Morgan fingerprint density at radius 1 is 1.21 bits per heavy atom. The first-order valence-electron chi connectivity index (χ1n) is 9.82. The van der Waals surface area contributed by atoms with E-state index >= 15 is 0 Å². The highest BCUT2D eigenvalue weighted by atomic mass is 32.1. The SMILES string of the molecule is Cc1cc(C(=O)Nc2nc3c(s2)CN(CC(=O)N2CCCCCC2)CC3)no1. The molecule has 0 atom stereocenters. The third-order valence-corrected chi connectivity index (χ3v) is 6.21. The summed E-state index contributed by atoms with van der Waals surface area (Å²) in [5.74, 6) is 0.495. The highest BCUT2D eigenvalue weighted by Gasteiger charge is 2.25. The molecule has 2 aromatic heterocycles. The van der Waals surface area contributed by atoms with E-state index in [1.165, 1.54) is 24.2 Å². The number of nitrogens with zero attached hydrogens (tertiary/aromatic N) is 4. The third kappa shape index (κ3) is 4.41. The quantitative estimate of drug-likeness (QED) is 0.843. The second kappa shape index (κ2) is 8.40. The molecule has 9 heteroatoms. The van der Waals surface area contributed by atoms with Crippen molar-refractivity contribution < 1.29 is 14.1 Å². The number of rotatable bonds is 4. The molecule has 28 heavy (non-hydrogen) atoms. The first kappa shape index (κ1) is 19.1. The summed E-state index contributed by atoms with van der Waals surface area (Å²) in [4.78, 5) is 34.7. The molecule has 1 fully saturated rings. The molecule has 0 aromatic carbocycles. The molecule has 8 nitrogen and oxygen atoms in total. The van der Waals surface area contributed by atoms with Crippen LogP contribution in [0.3, 0.4) is 0 Å². The van der Waals surface area contributed by atoms with Gasteiger partial charge in [-0.05, 0) is 19.8 Å². The minimum atomic E-state index is -0.323. The van der Waals surface area contributed by atoms with E-state index in [2.05, 4.69) is 20.4 Å². The van der Waals surface area contributed by atoms with E-state index in [9.17, 15) is 9.59 Å². The number of nitrogens with one attached hydrogen (secondary N) is 1. The van der Waals surface area contributed by atoms with Crippen molar-refractivity contribution in [3.05, 3.63) is 28.1 Å². The lowest BCUT2D eigenvalue weighted by Gasteiger charge is -2.28. The topological polar surface area (TPSA) is 91.6 Å². The molecule has 2 aliphatic heterocycles. The number of carbonyl (C=O) groups is 2. The van der Waals surface area contributed by atoms with Crippen molar-refractivity contribution in [1.82, 2.24) is 19.9 Å². The smallest absolute Gasteiger partial charge is 0.279 e. The zero-order valence-corrected chi connectivity index (χ0v) is 16.9. The van der Waals surface area contributed by atoms with Crippen molar-refractivity contribution in [1.29, 1.82) is 0 Å². The standard InChI is InChI=1S/C19H25N5O3S/c1-13-10-15(22-27-13)18(26)21-19-20-14-6-9-23(11-16(14)28-19)12-17(25)24-7-4-2-3-5-8-24/h10H,2-9,11-12H2,1H3,(H,20,21,26). The first-order chi connectivity index (χ1) is 13.6. The second-order valence-corrected chi connectivity index (χ2v) is 8.51. The summed E-state index contributed by atoms with van der Waals surface area (Å²) in [6.07, 6.45) is 5.45. The monoisotopic (exact) mass is 403 g/mol. The van der Waals surface area contributed by atoms with Gasteiger partial charge in [-0.25, -0.2) is 4.98 Å². The number of anilines is 1. The number of hydrogen-bond donors (Lipinski definition) is 1. The number of fused-ring (bicyclic) bond motifs is 1. The molecule has 0 bridgehead atoms. The van der Waals surface area contributed by atoms with Gasteiger partial charge in [-0.3, -0.25) is 19.8 Å². The predicted molar refractivity (Wildman–Crippen MR) is 105 cm³/mol. The molecule has 2 aliphatic rings. The molecular formula is C19H25N5O3S. The van der Waals surface area contributed by atoms with E-state index in [-0.39, 0.29) is 17.5 Å². The molecule has 150 valence electrons. The fourth-order valence-electron chi connectivity index (χ4n) is 3.68. The summed E-state index contributed by atoms with van der Waals surface area (Å²) in [6.45, 7) is 5.48. The fourth-order valence-corrected chi connectivity index (χ4v) is 4.73. The molecule has 1 N–H and O–H groups in total. The summed E-state index contributed by atoms with van der Waals surface area (Å²) in [6, 6.07) is 1.60. The average Bonchev–Trinajstić information content (AvgIpc) is 3.17. The van der Waals surface area contributed by atoms with Gasteiger partial charge in [-0.15, -0.1) is 11.3 Å². The predicted octanol–water partition coefficient (Wildman–Crippen LogP) is 2.45. The van der Waals surface area contributed by atoms with Gasteiger partial charge in [0.25, 0.3) is 5.91 Å². The van der Waals surface area contributed by atoms with Gasteiger partial charge in [0, 0.05) is 43.5 Å².